The molecule has 12 nitrogen and oxygen atoms in total. The highest BCUT2D eigenvalue weighted by Crippen LogP contribution is 2.02. The summed E-state index contributed by atoms with van der Waals surface area (Å²) in [5.74, 6) is -2.00. The van der Waals surface area contributed by atoms with Gasteiger partial charge in [0, 0.05) is 25.9 Å². The molecule has 0 aliphatic carbocycles. The number of benzene rings is 2. The number of amides is 2. The van der Waals surface area contributed by atoms with Crippen LogP contribution in [0.5, 0.6) is 0 Å². The molecule has 0 bridgehead atoms. The molecule has 0 unspecified atom stereocenters. The fourth-order valence-corrected chi connectivity index (χ4v) is 2.65. The summed E-state index contributed by atoms with van der Waals surface area (Å²) in [6.45, 7) is 2.36. The van der Waals surface area contributed by atoms with E-state index in [9.17, 15) is 24.3 Å². The molecule has 0 fully saturated rings. The molecular formula is C26H34N2O10. The van der Waals surface area contributed by atoms with Gasteiger partial charge < -0.3 is 40.2 Å². The number of alkyl carbamates (subject to hydrolysis) is 2. The summed E-state index contributed by atoms with van der Waals surface area (Å²) in [5, 5.41) is 31.6. The zero-order valence-corrected chi connectivity index (χ0v) is 21.1. The van der Waals surface area contributed by atoms with Crippen LogP contribution in [0.15, 0.2) is 60.7 Å². The van der Waals surface area contributed by atoms with Crippen molar-refractivity contribution < 1.29 is 48.7 Å². The van der Waals surface area contributed by atoms with Gasteiger partial charge in [0.15, 0.2) is 12.2 Å². The van der Waals surface area contributed by atoms with Gasteiger partial charge in [0.05, 0.1) is 6.61 Å². The Labute approximate surface area is 220 Å². The summed E-state index contributed by atoms with van der Waals surface area (Å²) in [5.41, 5.74) is 1.74. The van der Waals surface area contributed by atoms with E-state index < -0.39 is 36.3 Å². The summed E-state index contributed by atoms with van der Waals surface area (Å²) in [4.78, 5) is 44.0. The molecule has 12 heteroatoms. The second-order valence-electron chi connectivity index (χ2n) is 7.68. The largest absolute Gasteiger partial charge is 0.479 e. The van der Waals surface area contributed by atoms with Crippen LogP contribution in [0.4, 0.5) is 9.59 Å². The van der Waals surface area contributed by atoms with Crippen LogP contribution in [0, 0.1) is 0 Å². The standard InChI is InChI=1S/C14H19NO5.C12H15NO5/c1-2-19-13(17)12(16)8-9-15-14(18)20-10-11-6-4-3-5-7-11;14-10(11(15)16)6-7-13-12(17)18-8-9-4-2-1-3-5-9/h3-7,12,16H,2,8-10H2,1H3,(H,15,18);1-5,10,14H,6-8H2,(H,13,17)(H,15,16)/t12-;10-/m00/s1. The van der Waals surface area contributed by atoms with Gasteiger partial charge in [-0.1, -0.05) is 60.7 Å². The first-order chi connectivity index (χ1) is 18.2. The Morgan fingerprint density at radius 3 is 1.53 bits per heavy atom. The summed E-state index contributed by atoms with van der Waals surface area (Å²) >= 11 is 0. The molecule has 0 saturated heterocycles. The van der Waals surface area contributed by atoms with E-state index in [0.717, 1.165) is 11.1 Å². The summed E-state index contributed by atoms with van der Waals surface area (Å²) in [6, 6.07) is 18.4. The Balaban J connectivity index is 0.000000382. The van der Waals surface area contributed by atoms with E-state index in [2.05, 4.69) is 15.4 Å². The third-order valence-electron chi connectivity index (χ3n) is 4.64. The second kappa shape index (κ2) is 19.0. The molecule has 0 heterocycles. The number of carboxylic acid groups (broad SMARTS) is 1. The van der Waals surface area contributed by atoms with Crippen LogP contribution < -0.4 is 10.6 Å². The number of carbonyl (C=O) groups excluding carboxylic acids is 3. The minimum atomic E-state index is -1.47. The van der Waals surface area contributed by atoms with Crippen molar-refractivity contribution in [1.82, 2.24) is 10.6 Å². The third kappa shape index (κ3) is 15.1. The molecule has 2 atom stereocenters. The lowest BCUT2D eigenvalue weighted by Gasteiger charge is -2.10. The van der Waals surface area contributed by atoms with Crippen LogP contribution in [-0.2, 0) is 37.0 Å². The molecule has 2 aromatic carbocycles. The Kier molecular flexibility index (Phi) is 15.9. The van der Waals surface area contributed by atoms with E-state index in [1.54, 1.807) is 6.92 Å². The maximum absolute atomic E-state index is 11.4. The van der Waals surface area contributed by atoms with Crippen molar-refractivity contribution in [2.24, 2.45) is 0 Å². The molecule has 5 N–H and O–H groups in total. The van der Waals surface area contributed by atoms with E-state index in [1.807, 2.05) is 60.7 Å². The predicted molar refractivity (Wildman–Crippen MR) is 135 cm³/mol. The number of esters is 1. The number of hydrogen-bond acceptors (Lipinski definition) is 9. The van der Waals surface area contributed by atoms with E-state index in [-0.39, 0.29) is 45.8 Å². The van der Waals surface area contributed by atoms with Crippen molar-refractivity contribution in [2.45, 2.75) is 45.2 Å². The first-order valence-corrected chi connectivity index (χ1v) is 11.9. The fraction of sp³-hybridized carbons (Fsp3) is 0.385. The van der Waals surface area contributed by atoms with Gasteiger partial charge in [-0.3, -0.25) is 0 Å². The van der Waals surface area contributed by atoms with Gasteiger partial charge in [-0.2, -0.15) is 0 Å². The van der Waals surface area contributed by atoms with E-state index in [1.165, 1.54) is 0 Å². The zero-order chi connectivity index (χ0) is 28.2. The van der Waals surface area contributed by atoms with E-state index in [0.29, 0.717) is 0 Å². The lowest BCUT2D eigenvalue weighted by Crippen LogP contribution is -2.31. The lowest BCUT2D eigenvalue weighted by atomic mass is 10.2. The van der Waals surface area contributed by atoms with Gasteiger partial charge in [0.25, 0.3) is 0 Å². The number of aliphatic hydroxyl groups is 2. The zero-order valence-electron chi connectivity index (χ0n) is 21.1. The first-order valence-electron chi connectivity index (χ1n) is 11.9. The summed E-state index contributed by atoms with van der Waals surface area (Å²) in [7, 11) is 0. The molecular weight excluding hydrogens is 500 g/mol. The smallest absolute Gasteiger partial charge is 0.407 e. The molecule has 38 heavy (non-hydrogen) atoms. The Hall–Kier alpha value is -4.16. The van der Waals surface area contributed by atoms with E-state index in [4.69, 9.17) is 19.7 Å². The third-order valence-corrected chi connectivity index (χ3v) is 4.64. The highest BCUT2D eigenvalue weighted by Gasteiger charge is 2.16. The quantitative estimate of drug-likeness (QED) is 0.188. The molecule has 0 radical (unpaired) electrons. The van der Waals surface area contributed by atoms with E-state index >= 15 is 0 Å². The van der Waals surface area contributed by atoms with Crippen molar-refractivity contribution in [1.29, 1.82) is 0 Å². The van der Waals surface area contributed by atoms with Gasteiger partial charge in [-0.05, 0) is 18.1 Å². The van der Waals surface area contributed by atoms with Crippen LogP contribution in [0.1, 0.15) is 30.9 Å². The number of hydrogen-bond donors (Lipinski definition) is 5. The number of nitrogens with one attached hydrogen (secondary N) is 2. The number of rotatable bonds is 13. The molecule has 2 aromatic rings. The average Bonchev–Trinajstić information content (AvgIpc) is 2.92. The van der Waals surface area contributed by atoms with Gasteiger partial charge in [-0.15, -0.1) is 0 Å². The molecule has 0 saturated carbocycles. The normalized spacial score (nSPS) is 11.6. The van der Waals surface area contributed by atoms with Gasteiger partial charge in [-0.25, -0.2) is 19.2 Å². The Bertz CT molecular complexity index is 973. The fourth-order valence-electron chi connectivity index (χ4n) is 2.65. The number of carboxylic acids is 1. The summed E-state index contributed by atoms with van der Waals surface area (Å²) in [6.07, 6.45) is -3.92. The van der Waals surface area contributed by atoms with Crippen LogP contribution in [0.2, 0.25) is 0 Å². The summed E-state index contributed by atoms with van der Waals surface area (Å²) < 4.78 is 14.5. The minimum Gasteiger partial charge on any atom is -0.479 e. The monoisotopic (exact) mass is 534 g/mol. The Morgan fingerprint density at radius 1 is 0.711 bits per heavy atom. The van der Waals surface area contributed by atoms with Gasteiger partial charge in [0.2, 0.25) is 0 Å². The molecule has 0 aliphatic rings. The van der Waals surface area contributed by atoms with Gasteiger partial charge in [0.1, 0.15) is 13.2 Å². The number of ether oxygens (including phenoxy) is 3. The maximum atomic E-state index is 11.4. The molecule has 208 valence electrons. The average molecular weight is 535 g/mol. The van der Waals surface area contributed by atoms with Crippen molar-refractivity contribution in [3.05, 3.63) is 71.8 Å². The first kappa shape index (κ1) is 31.9. The maximum Gasteiger partial charge on any atom is 0.407 e. The molecule has 2 amide bonds. The van der Waals surface area contributed by atoms with Crippen molar-refractivity contribution in [3.63, 3.8) is 0 Å². The Morgan fingerprint density at radius 2 is 1.13 bits per heavy atom. The van der Waals surface area contributed by atoms with Crippen LogP contribution in [0.3, 0.4) is 0 Å². The van der Waals surface area contributed by atoms with Crippen molar-refractivity contribution >= 4 is 24.1 Å². The number of aliphatic hydroxyl groups excluding tert-OH is 2. The van der Waals surface area contributed by atoms with Crippen LogP contribution >= 0.6 is 0 Å². The van der Waals surface area contributed by atoms with Gasteiger partial charge >= 0.3 is 24.1 Å². The molecule has 2 rings (SSSR count). The second-order valence-corrected chi connectivity index (χ2v) is 7.68. The predicted octanol–water partition coefficient (Wildman–Crippen LogP) is 1.98. The molecule has 0 aliphatic heterocycles. The highest BCUT2D eigenvalue weighted by molar-refractivity contribution is 5.74. The topological polar surface area (TPSA) is 181 Å². The van der Waals surface area contributed by atoms with Crippen molar-refractivity contribution in [2.75, 3.05) is 19.7 Å². The number of aliphatic carboxylic acids is 1. The van der Waals surface area contributed by atoms with Crippen molar-refractivity contribution in [3.8, 4) is 0 Å². The lowest BCUT2D eigenvalue weighted by molar-refractivity contribution is -0.153. The molecule has 0 aromatic heterocycles. The van der Waals surface area contributed by atoms with Crippen LogP contribution in [0.25, 0.3) is 0 Å². The SMILES string of the molecule is CCOC(=O)[C@@H](O)CCNC(=O)OCc1ccccc1.O=C(NCC[C@H](O)C(=O)O)OCc1ccccc1. The number of carbonyl (C=O) groups is 4. The minimum absolute atomic E-state index is 0.0427. The highest BCUT2D eigenvalue weighted by atomic mass is 16.6. The molecule has 0 spiro atoms. The van der Waals surface area contributed by atoms with Crippen LogP contribution in [-0.4, -0.2) is 71.3 Å².